The molecule has 31 aromatic rings. The fraction of sp³-hybridized carbons (Fsp3) is 0. The van der Waals surface area contributed by atoms with Crippen LogP contribution in [-0.4, -0.2) is 27.4 Å². The van der Waals surface area contributed by atoms with Gasteiger partial charge in [-0.05, 0) is 260 Å². The van der Waals surface area contributed by atoms with E-state index >= 15 is 0 Å². The molecule has 22 aromatic carbocycles. The molecule has 12 heteroatoms. The predicted molar refractivity (Wildman–Crippen MR) is 641 cm³/mol. The fourth-order valence-corrected chi connectivity index (χ4v) is 26.4. The summed E-state index contributed by atoms with van der Waals surface area (Å²) in [7, 11) is 0. The monoisotopic (exact) mass is 1970 g/mol. The first-order valence-corrected chi connectivity index (χ1v) is 53.4. The Morgan fingerprint density at radius 1 is 0.127 bits per heavy atom. The third kappa shape index (κ3) is 14.7. The summed E-state index contributed by atoms with van der Waals surface area (Å²) in [6, 6.07) is 200. The number of hydrogen-bond acceptors (Lipinski definition) is 6. The number of fused-ring (bicyclic) bond motifs is 24. The van der Waals surface area contributed by atoms with E-state index in [1.54, 1.807) is 0 Å². The molecule has 0 spiro atoms. The Morgan fingerprint density at radius 2 is 0.340 bits per heavy atom. The summed E-state index contributed by atoms with van der Waals surface area (Å²) in [5, 5.41) is 19.0. The van der Waals surface area contributed by atoms with Gasteiger partial charge in [-0.25, -0.2) is 0 Å². The van der Waals surface area contributed by atoms with Crippen LogP contribution in [-0.2, 0) is 0 Å². The highest BCUT2D eigenvalue weighted by molar-refractivity contribution is 7.26. The van der Waals surface area contributed by atoms with E-state index in [0.29, 0.717) is 0 Å². The third-order valence-corrected chi connectivity index (χ3v) is 33.1. The van der Waals surface area contributed by atoms with Gasteiger partial charge in [0.2, 0.25) is 0 Å². The molecule has 31 rings (SSSR count). The van der Waals surface area contributed by atoms with Crippen LogP contribution in [0, 0.1) is 0 Å². The van der Waals surface area contributed by atoms with Crippen molar-refractivity contribution in [3.05, 3.63) is 552 Å². The molecule has 0 aliphatic heterocycles. The van der Waals surface area contributed by atoms with Crippen molar-refractivity contribution in [2.45, 2.75) is 0 Å². The maximum Gasteiger partial charge on any atom is 0.131 e. The van der Waals surface area contributed by atoms with Crippen LogP contribution in [0.15, 0.2) is 552 Å². The SMILES string of the molecule is c1ccc(N(c2ccc(-c3ccc4c5c6ccccc6n(-c6ccccc6)c5n(-c5ccccc5)c4c3)cc2)c2ccc3sc4ccccc4c3c2)cc1.c1ccc(N(c2ccc3sc4ccccc4c3c2)c2ccc3c(c2)c2c4ccccc4n(-c4ccccc4)c2n3-c2ccccc2)cc1.c1ccc(N(c2ccc3sc4ccccc4c3c2)c2ccc3c4c5ccccc5n(-c5ccccc5)c4n(-c4ccccc4)c3c2)cc1. The Labute approximate surface area is 876 Å². The van der Waals surface area contributed by atoms with Crippen molar-refractivity contribution in [2.75, 3.05) is 14.7 Å². The summed E-state index contributed by atoms with van der Waals surface area (Å²) in [6.45, 7) is 0. The highest BCUT2D eigenvalue weighted by Gasteiger charge is 2.30. The number of para-hydroxylation sites is 12. The van der Waals surface area contributed by atoms with Gasteiger partial charge in [-0.2, -0.15) is 0 Å². The average molecular weight is 1970 g/mol. The molecule has 0 aliphatic carbocycles. The van der Waals surface area contributed by atoms with Crippen molar-refractivity contribution in [3.63, 3.8) is 0 Å². The lowest BCUT2D eigenvalue weighted by molar-refractivity contribution is 1.07. The van der Waals surface area contributed by atoms with E-state index in [-0.39, 0.29) is 0 Å². The molecule has 0 bridgehead atoms. The Kier molecular flexibility index (Phi) is 21.3. The zero-order valence-electron chi connectivity index (χ0n) is 81.3. The summed E-state index contributed by atoms with van der Waals surface area (Å²) in [4.78, 5) is 7.15. The molecule has 0 saturated carbocycles. The molecule has 0 aliphatic rings. The van der Waals surface area contributed by atoms with Crippen LogP contribution in [0.1, 0.15) is 0 Å². The summed E-state index contributed by atoms with van der Waals surface area (Å²) in [6.07, 6.45) is 0. The van der Waals surface area contributed by atoms with E-state index in [9.17, 15) is 0 Å². The summed E-state index contributed by atoms with van der Waals surface area (Å²) >= 11 is 5.56. The van der Waals surface area contributed by atoms with Crippen molar-refractivity contribution >= 4 is 244 Å². The largest absolute Gasteiger partial charge is 0.310 e. The molecule has 9 heterocycles. The molecule has 9 aromatic heterocycles. The zero-order chi connectivity index (χ0) is 98.8. The molecule has 0 amide bonds. The molecule has 0 unspecified atom stereocenters. The van der Waals surface area contributed by atoms with Gasteiger partial charge in [0.15, 0.2) is 0 Å². The number of thiophene rings is 3. The van der Waals surface area contributed by atoms with Crippen LogP contribution in [0.25, 0.3) is 204 Å². The number of benzene rings is 22. The predicted octanol–water partition coefficient (Wildman–Crippen LogP) is 39.4. The lowest BCUT2D eigenvalue weighted by Crippen LogP contribution is -2.10. The number of anilines is 9. The van der Waals surface area contributed by atoms with Gasteiger partial charge >= 0.3 is 0 Å². The van der Waals surface area contributed by atoms with E-state index in [2.05, 4.69) is 594 Å². The molecule has 9 nitrogen and oxygen atoms in total. The number of aromatic nitrogens is 6. The van der Waals surface area contributed by atoms with Crippen molar-refractivity contribution < 1.29 is 0 Å². The second-order valence-electron chi connectivity index (χ2n) is 38.2. The summed E-state index contributed by atoms with van der Waals surface area (Å²) in [5.74, 6) is 0. The Morgan fingerprint density at radius 3 is 0.687 bits per heavy atom. The van der Waals surface area contributed by atoms with Crippen LogP contribution < -0.4 is 14.7 Å². The smallest absolute Gasteiger partial charge is 0.131 e. The van der Waals surface area contributed by atoms with Gasteiger partial charge in [0.25, 0.3) is 0 Å². The second kappa shape index (κ2) is 36.6. The van der Waals surface area contributed by atoms with Crippen LogP contribution >= 0.6 is 34.0 Å². The van der Waals surface area contributed by atoms with Gasteiger partial charge in [-0.15, -0.1) is 34.0 Å². The molecule has 0 N–H and O–H groups in total. The Balaban J connectivity index is 0.000000106. The van der Waals surface area contributed by atoms with E-state index in [4.69, 9.17) is 0 Å². The zero-order valence-corrected chi connectivity index (χ0v) is 83.7. The molecule has 0 atom stereocenters. The van der Waals surface area contributed by atoms with E-state index in [1.807, 2.05) is 34.0 Å². The topological polar surface area (TPSA) is 39.3 Å². The first-order valence-electron chi connectivity index (χ1n) is 50.9. The first-order chi connectivity index (χ1) is 74.5. The highest BCUT2D eigenvalue weighted by Crippen LogP contribution is 2.52. The molecule has 706 valence electrons. The van der Waals surface area contributed by atoms with Crippen molar-refractivity contribution in [1.82, 2.24) is 27.4 Å². The first kappa shape index (κ1) is 87.5. The van der Waals surface area contributed by atoms with E-state index < -0.39 is 0 Å². The number of rotatable bonds is 16. The van der Waals surface area contributed by atoms with Crippen LogP contribution in [0.3, 0.4) is 0 Å². The van der Waals surface area contributed by atoms with Crippen LogP contribution in [0.5, 0.6) is 0 Å². The van der Waals surface area contributed by atoms with Gasteiger partial charge in [0.05, 0.1) is 33.1 Å². The molecule has 150 heavy (non-hydrogen) atoms. The molecule has 0 radical (unpaired) electrons. The standard InChI is InChI=1S/C50H33N3S.2C44H29N3S/c1-4-14-36(15-5-1)51(40-29-31-48-44(33-40)41-20-11-13-23-47(41)54-48)39-27-24-34(25-28-39)35-26-30-43-46(32-35)53(38-18-8-3-9-19-38)50-49(43)42-21-10-12-22-45(42)52(50)37-16-6-2-7-17-37;1-4-14-30(15-5-1)45(33-25-27-42-38(28-33)35-20-11-13-23-41(35)48-42)34-24-26-37-40(29-34)47(32-18-8-3-9-19-32)44-43(37)36-21-10-12-22-39(36)46(44)31-16-6-2-7-17-31;1-4-14-30(15-5-1)45(34-25-27-42-37(28-34)35-20-11-13-23-41(35)48-42)33-24-26-40-38(29-33)43-36-21-10-12-22-39(36)46(31-16-6-2-7-17-31)44(43)47(40)32-18-8-3-9-19-32/h1-33H;2*1-29H. The lowest BCUT2D eigenvalue weighted by atomic mass is 10.0. The summed E-state index contributed by atoms with van der Waals surface area (Å²) in [5.41, 5.74) is 30.0. The average Bonchev–Trinajstić information content (AvgIpc) is 1.54. The van der Waals surface area contributed by atoms with Crippen LogP contribution in [0.2, 0.25) is 0 Å². The summed E-state index contributed by atoms with van der Waals surface area (Å²) < 4.78 is 22.4. The van der Waals surface area contributed by atoms with Gasteiger partial charge in [-0.1, -0.05) is 303 Å². The Bertz CT molecular complexity index is 10600. The Hall–Kier alpha value is -19.1. The minimum absolute atomic E-state index is 1.11. The second-order valence-corrected chi connectivity index (χ2v) is 41.5. The maximum atomic E-state index is 2.44. The lowest BCUT2D eigenvalue weighted by Gasteiger charge is -2.26. The minimum atomic E-state index is 1.11. The maximum absolute atomic E-state index is 2.44. The van der Waals surface area contributed by atoms with Crippen LogP contribution in [0.4, 0.5) is 51.2 Å². The minimum Gasteiger partial charge on any atom is -0.310 e. The fourth-order valence-electron chi connectivity index (χ4n) is 23.1. The number of nitrogens with zero attached hydrogens (tertiary/aromatic N) is 9. The van der Waals surface area contributed by atoms with Gasteiger partial charge in [0.1, 0.15) is 16.9 Å². The van der Waals surface area contributed by atoms with Crippen molar-refractivity contribution in [2.24, 2.45) is 0 Å². The molecule has 0 saturated heterocycles. The van der Waals surface area contributed by atoms with Gasteiger partial charge < -0.3 is 14.7 Å². The number of hydrogen-bond donors (Lipinski definition) is 0. The molecule has 0 fully saturated rings. The van der Waals surface area contributed by atoms with Gasteiger partial charge in [-0.3, -0.25) is 27.4 Å². The van der Waals surface area contributed by atoms with E-state index in [0.717, 1.165) is 96.6 Å². The van der Waals surface area contributed by atoms with Crippen molar-refractivity contribution in [1.29, 1.82) is 0 Å². The molecular weight excluding hydrogens is 1880 g/mol. The molecular formula is C138H91N9S3. The third-order valence-electron chi connectivity index (χ3n) is 29.6. The highest BCUT2D eigenvalue weighted by atomic mass is 32.1. The van der Waals surface area contributed by atoms with E-state index in [1.165, 1.54) is 159 Å². The quantitative estimate of drug-likeness (QED) is 0.0968. The normalized spacial score (nSPS) is 11.7. The van der Waals surface area contributed by atoms with Gasteiger partial charge in [0, 0.05) is 194 Å². The van der Waals surface area contributed by atoms with Crippen molar-refractivity contribution in [3.8, 4) is 45.3 Å².